The third-order valence-electron chi connectivity index (χ3n) is 3.58. The minimum absolute atomic E-state index is 0.469. The molecule has 2 aliphatic rings. The van der Waals surface area contributed by atoms with E-state index < -0.39 is 5.60 Å². The topological polar surface area (TPSA) is 32.3 Å². The predicted molar refractivity (Wildman–Crippen MR) is 48.8 cm³/mol. The normalized spacial score (nSPS) is 49.1. The fraction of sp³-hybridized carbons (Fsp3) is 0.800. The maximum Gasteiger partial charge on any atom is 0.0903 e. The van der Waals surface area contributed by atoms with Crippen LogP contribution in [0.25, 0.3) is 0 Å². The highest BCUT2D eigenvalue weighted by atomic mass is 16.3. The Morgan fingerprint density at radius 1 is 1.67 bits per heavy atom. The monoisotopic (exact) mass is 167 g/mol. The van der Waals surface area contributed by atoms with Crippen LogP contribution in [0.3, 0.4) is 0 Å². The molecule has 0 aromatic rings. The SMILES string of the molecule is C/C=C1\C2CNCC2C1(O)CC. The molecule has 2 N–H and O–H groups in total. The molecule has 1 saturated heterocycles. The van der Waals surface area contributed by atoms with Crippen LogP contribution in [-0.2, 0) is 0 Å². The van der Waals surface area contributed by atoms with Crippen LogP contribution in [0.4, 0.5) is 0 Å². The van der Waals surface area contributed by atoms with E-state index in [1.165, 1.54) is 5.57 Å². The molecule has 2 rings (SSSR count). The summed E-state index contributed by atoms with van der Waals surface area (Å²) in [6, 6.07) is 0. The molecule has 2 nitrogen and oxygen atoms in total. The molecule has 0 bridgehead atoms. The number of hydrogen-bond acceptors (Lipinski definition) is 2. The summed E-state index contributed by atoms with van der Waals surface area (Å²) in [5.41, 5.74) is 0.795. The largest absolute Gasteiger partial charge is 0.385 e. The van der Waals surface area contributed by atoms with Crippen LogP contribution < -0.4 is 5.32 Å². The highest BCUT2D eigenvalue weighted by molar-refractivity contribution is 5.35. The third kappa shape index (κ3) is 0.771. The molecular weight excluding hydrogens is 150 g/mol. The van der Waals surface area contributed by atoms with Crippen molar-refractivity contribution in [2.75, 3.05) is 13.1 Å². The Morgan fingerprint density at radius 3 is 3.00 bits per heavy atom. The molecule has 0 radical (unpaired) electrons. The quantitative estimate of drug-likeness (QED) is 0.569. The minimum atomic E-state index is -0.469. The zero-order valence-corrected chi connectivity index (χ0v) is 7.80. The van der Waals surface area contributed by atoms with Gasteiger partial charge >= 0.3 is 0 Å². The Kier molecular flexibility index (Phi) is 1.77. The lowest BCUT2D eigenvalue weighted by Gasteiger charge is -2.50. The van der Waals surface area contributed by atoms with Gasteiger partial charge in [0, 0.05) is 24.9 Å². The molecule has 1 heterocycles. The lowest BCUT2D eigenvalue weighted by molar-refractivity contribution is -0.0544. The lowest BCUT2D eigenvalue weighted by atomic mass is 9.58. The van der Waals surface area contributed by atoms with E-state index in [1.807, 2.05) is 6.92 Å². The van der Waals surface area contributed by atoms with E-state index >= 15 is 0 Å². The van der Waals surface area contributed by atoms with Gasteiger partial charge in [-0.2, -0.15) is 0 Å². The number of rotatable bonds is 1. The van der Waals surface area contributed by atoms with E-state index in [1.54, 1.807) is 0 Å². The van der Waals surface area contributed by atoms with E-state index in [0.717, 1.165) is 19.5 Å². The molecule has 3 unspecified atom stereocenters. The van der Waals surface area contributed by atoms with Crippen molar-refractivity contribution in [1.82, 2.24) is 5.32 Å². The highest BCUT2D eigenvalue weighted by Gasteiger charge is 2.57. The van der Waals surface area contributed by atoms with Gasteiger partial charge in [0.15, 0.2) is 0 Å². The van der Waals surface area contributed by atoms with Gasteiger partial charge in [-0.15, -0.1) is 0 Å². The van der Waals surface area contributed by atoms with E-state index in [4.69, 9.17) is 0 Å². The van der Waals surface area contributed by atoms with Crippen molar-refractivity contribution in [3.05, 3.63) is 11.6 Å². The molecule has 1 saturated carbocycles. The summed E-state index contributed by atoms with van der Waals surface area (Å²) < 4.78 is 0. The number of fused-ring (bicyclic) bond motifs is 1. The molecule has 0 aromatic heterocycles. The fourth-order valence-corrected chi connectivity index (χ4v) is 2.88. The smallest absolute Gasteiger partial charge is 0.0903 e. The first kappa shape index (κ1) is 8.27. The van der Waals surface area contributed by atoms with Gasteiger partial charge in [-0.05, 0) is 18.9 Å². The molecule has 12 heavy (non-hydrogen) atoms. The van der Waals surface area contributed by atoms with Gasteiger partial charge in [0.25, 0.3) is 0 Å². The van der Waals surface area contributed by atoms with E-state index in [0.29, 0.717) is 11.8 Å². The van der Waals surface area contributed by atoms with E-state index in [2.05, 4.69) is 18.3 Å². The average Bonchev–Trinajstić information content (AvgIpc) is 2.50. The number of aliphatic hydroxyl groups is 1. The predicted octanol–water partition coefficient (Wildman–Crippen LogP) is 0.923. The van der Waals surface area contributed by atoms with E-state index in [-0.39, 0.29) is 0 Å². The van der Waals surface area contributed by atoms with Crippen LogP contribution in [0.2, 0.25) is 0 Å². The fourth-order valence-electron chi connectivity index (χ4n) is 2.88. The molecule has 2 fully saturated rings. The van der Waals surface area contributed by atoms with Crippen molar-refractivity contribution < 1.29 is 5.11 Å². The second-order valence-electron chi connectivity index (χ2n) is 3.89. The molecule has 68 valence electrons. The van der Waals surface area contributed by atoms with Gasteiger partial charge in [-0.1, -0.05) is 13.0 Å². The van der Waals surface area contributed by atoms with Gasteiger partial charge in [0.1, 0.15) is 0 Å². The average molecular weight is 167 g/mol. The number of hydrogen-bond donors (Lipinski definition) is 2. The first-order valence-electron chi connectivity index (χ1n) is 4.83. The minimum Gasteiger partial charge on any atom is -0.385 e. The summed E-state index contributed by atoms with van der Waals surface area (Å²) in [6.45, 7) is 6.15. The van der Waals surface area contributed by atoms with Crippen LogP contribution in [0.15, 0.2) is 11.6 Å². The summed E-state index contributed by atoms with van der Waals surface area (Å²) in [6.07, 6.45) is 2.95. The second-order valence-corrected chi connectivity index (χ2v) is 3.89. The van der Waals surface area contributed by atoms with E-state index in [9.17, 15) is 5.11 Å². The third-order valence-corrected chi connectivity index (χ3v) is 3.58. The van der Waals surface area contributed by atoms with Crippen molar-refractivity contribution in [2.24, 2.45) is 11.8 Å². The second kappa shape index (κ2) is 2.57. The molecular formula is C10H17NO. The van der Waals surface area contributed by atoms with Crippen molar-refractivity contribution in [3.8, 4) is 0 Å². The molecule has 0 amide bonds. The Balaban J connectivity index is 2.25. The molecule has 0 aromatic carbocycles. The first-order chi connectivity index (χ1) is 5.74. The van der Waals surface area contributed by atoms with Crippen LogP contribution in [0.5, 0.6) is 0 Å². The zero-order chi connectivity index (χ0) is 8.77. The van der Waals surface area contributed by atoms with Crippen molar-refractivity contribution >= 4 is 0 Å². The van der Waals surface area contributed by atoms with Gasteiger partial charge in [0.05, 0.1) is 5.60 Å². The zero-order valence-electron chi connectivity index (χ0n) is 7.80. The van der Waals surface area contributed by atoms with Crippen molar-refractivity contribution in [3.63, 3.8) is 0 Å². The summed E-state index contributed by atoms with van der Waals surface area (Å²) in [4.78, 5) is 0. The summed E-state index contributed by atoms with van der Waals surface area (Å²) in [5, 5.41) is 13.6. The summed E-state index contributed by atoms with van der Waals surface area (Å²) >= 11 is 0. The Morgan fingerprint density at radius 2 is 2.42 bits per heavy atom. The molecule has 2 heteroatoms. The first-order valence-corrected chi connectivity index (χ1v) is 4.83. The molecule has 3 atom stereocenters. The number of allylic oxidation sites excluding steroid dienone is 1. The van der Waals surface area contributed by atoms with Gasteiger partial charge < -0.3 is 10.4 Å². The van der Waals surface area contributed by atoms with Crippen molar-refractivity contribution in [2.45, 2.75) is 25.9 Å². The van der Waals surface area contributed by atoms with Crippen LogP contribution in [0, 0.1) is 11.8 Å². The maximum absolute atomic E-state index is 10.2. The Bertz CT molecular complexity index is 224. The van der Waals surface area contributed by atoms with Crippen LogP contribution in [0.1, 0.15) is 20.3 Å². The van der Waals surface area contributed by atoms with Gasteiger partial charge in [-0.3, -0.25) is 0 Å². The van der Waals surface area contributed by atoms with Crippen LogP contribution in [-0.4, -0.2) is 23.8 Å². The lowest BCUT2D eigenvalue weighted by Crippen LogP contribution is -2.55. The van der Waals surface area contributed by atoms with Crippen LogP contribution >= 0.6 is 0 Å². The highest BCUT2D eigenvalue weighted by Crippen LogP contribution is 2.52. The summed E-state index contributed by atoms with van der Waals surface area (Å²) in [7, 11) is 0. The molecule has 1 aliphatic carbocycles. The maximum atomic E-state index is 10.2. The molecule has 1 aliphatic heterocycles. The van der Waals surface area contributed by atoms with Crippen molar-refractivity contribution in [1.29, 1.82) is 0 Å². The summed E-state index contributed by atoms with van der Waals surface area (Å²) in [5.74, 6) is 1.11. The number of nitrogens with one attached hydrogen (secondary N) is 1. The molecule has 0 spiro atoms. The van der Waals surface area contributed by atoms with Gasteiger partial charge in [0.2, 0.25) is 0 Å². The standard InChI is InChI=1S/C10H17NO/c1-3-8-7-5-11-6-9(7)10(8,12)4-2/h3,7,9,11-12H,4-6H2,1-2H3/b8-3+. The Labute approximate surface area is 73.7 Å². The van der Waals surface area contributed by atoms with Gasteiger partial charge in [-0.25, -0.2) is 0 Å². The Hall–Kier alpha value is -0.340.